The average molecular weight is 650 g/mol. The summed E-state index contributed by atoms with van der Waals surface area (Å²) in [6.07, 6.45) is -2.16. The summed E-state index contributed by atoms with van der Waals surface area (Å²) in [5, 5.41) is 24.7. The molecule has 2 saturated heterocycles. The van der Waals surface area contributed by atoms with Gasteiger partial charge in [0.1, 0.15) is 5.75 Å². The minimum absolute atomic E-state index is 0.0102. The molecule has 3 amide bonds. The van der Waals surface area contributed by atoms with E-state index in [1.54, 1.807) is 55.6 Å². The lowest BCUT2D eigenvalue weighted by Gasteiger charge is -2.59. The number of halogens is 1. The van der Waals surface area contributed by atoms with Gasteiger partial charge in [0.15, 0.2) is 0 Å². The Labute approximate surface area is 258 Å². The number of benzene rings is 3. The molecule has 0 aromatic heterocycles. The summed E-state index contributed by atoms with van der Waals surface area (Å²) in [4.78, 5) is 44.8. The van der Waals surface area contributed by atoms with Crippen molar-refractivity contribution in [1.82, 2.24) is 14.7 Å². The van der Waals surface area contributed by atoms with Gasteiger partial charge >= 0.3 is 0 Å². The van der Waals surface area contributed by atoms with Gasteiger partial charge in [-0.25, -0.2) is 0 Å². The fourth-order valence-electron chi connectivity index (χ4n) is 6.51. The number of amides is 3. The molecule has 3 N–H and O–H groups in total. The number of carbonyl (C=O) groups is 3. The number of aliphatic hydroxyl groups is 2. The van der Waals surface area contributed by atoms with Crippen molar-refractivity contribution in [1.29, 1.82) is 0 Å². The maximum Gasteiger partial charge on any atom is 0.261 e. The zero-order valence-electron chi connectivity index (χ0n) is 23.6. The van der Waals surface area contributed by atoms with Gasteiger partial charge in [-0.3, -0.25) is 29.1 Å². The fraction of sp³-hybridized carbons (Fsp3) is 0.344. The highest BCUT2D eigenvalue weighted by Gasteiger charge is 2.53. The Morgan fingerprint density at radius 3 is 2.16 bits per heavy atom. The van der Waals surface area contributed by atoms with Crippen molar-refractivity contribution in [2.24, 2.45) is 0 Å². The molecule has 0 aliphatic carbocycles. The predicted octanol–water partition coefficient (Wildman–Crippen LogP) is 2.57. The van der Waals surface area contributed by atoms with Gasteiger partial charge in [0.2, 0.25) is 5.91 Å². The van der Waals surface area contributed by atoms with Crippen LogP contribution in [-0.2, 0) is 4.79 Å². The van der Waals surface area contributed by atoms with Crippen LogP contribution in [0.25, 0.3) is 0 Å². The summed E-state index contributed by atoms with van der Waals surface area (Å²) in [6.45, 7) is 0.899. The fourth-order valence-corrected chi connectivity index (χ4v) is 6.78. The van der Waals surface area contributed by atoms with Crippen LogP contribution in [0.15, 0.2) is 77.3 Å². The Kier molecular flexibility index (Phi) is 8.34. The van der Waals surface area contributed by atoms with Crippen molar-refractivity contribution < 1.29 is 29.3 Å². The van der Waals surface area contributed by atoms with E-state index in [-0.39, 0.29) is 61.9 Å². The first kappa shape index (κ1) is 29.5. The van der Waals surface area contributed by atoms with E-state index in [1.807, 2.05) is 29.2 Å². The summed E-state index contributed by atoms with van der Waals surface area (Å²) in [5.74, 6) is -0.321. The van der Waals surface area contributed by atoms with E-state index in [4.69, 9.17) is 4.74 Å². The number of hydrogen-bond donors (Lipinski definition) is 3. The number of nitrogens with one attached hydrogen (secondary N) is 1. The lowest BCUT2D eigenvalue weighted by Crippen LogP contribution is -2.72. The Morgan fingerprint density at radius 2 is 1.53 bits per heavy atom. The minimum atomic E-state index is -1.08. The third-order valence-corrected chi connectivity index (χ3v) is 9.19. The molecule has 2 fully saturated rings. The van der Waals surface area contributed by atoms with E-state index < -0.39 is 12.2 Å². The topological polar surface area (TPSA) is 123 Å². The molecule has 3 aromatic carbocycles. The first-order chi connectivity index (χ1) is 20.7. The Bertz CT molecular complexity index is 1480. The van der Waals surface area contributed by atoms with Gasteiger partial charge < -0.3 is 20.3 Å². The van der Waals surface area contributed by atoms with Gasteiger partial charge in [-0.05, 0) is 54.1 Å². The van der Waals surface area contributed by atoms with Crippen LogP contribution < -0.4 is 10.1 Å². The SMILES string of the molecule is COc1ccc(NC(=O)CN2C[C@@H](O)[C@@H](O)CN3[C@H](CN4C(=O)c5ccccc5C4=O)[C@@H](c4ccc(Br)cc4)[C@@H]3C2)cc1. The third-order valence-electron chi connectivity index (χ3n) is 8.66. The average Bonchev–Trinajstić information content (AvgIpc) is 3.24. The highest BCUT2D eigenvalue weighted by Crippen LogP contribution is 2.43. The standard InChI is InChI=1S/C32H33BrN4O6/c1-43-22-12-10-21(11-13-22)34-29(40)18-35-14-25-30(19-6-8-20(33)9-7-19)26(36(25)17-28(39)27(38)16-35)15-37-31(41)23-4-2-3-5-24(23)32(37)42/h2-13,25-28,30,38-39H,14-18H2,1H3,(H,34,40)/t25-,26+,27+,28-,30-/m0/s1. The molecule has 3 aliphatic heterocycles. The van der Waals surface area contributed by atoms with Crippen molar-refractivity contribution in [3.63, 3.8) is 0 Å². The Hall–Kier alpha value is -3.61. The second kappa shape index (κ2) is 12.2. The van der Waals surface area contributed by atoms with Gasteiger partial charge in [0, 0.05) is 54.3 Å². The lowest BCUT2D eigenvalue weighted by atomic mass is 9.73. The van der Waals surface area contributed by atoms with Gasteiger partial charge in [-0.15, -0.1) is 0 Å². The van der Waals surface area contributed by atoms with Crippen molar-refractivity contribution in [2.45, 2.75) is 30.2 Å². The summed E-state index contributed by atoms with van der Waals surface area (Å²) in [7, 11) is 1.57. The van der Waals surface area contributed by atoms with Gasteiger partial charge in [0.25, 0.3) is 11.8 Å². The molecule has 6 rings (SSSR count). The Balaban J connectivity index is 1.25. The van der Waals surface area contributed by atoms with E-state index in [0.717, 1.165) is 10.0 Å². The van der Waals surface area contributed by atoms with Crippen molar-refractivity contribution >= 4 is 39.3 Å². The van der Waals surface area contributed by atoms with Gasteiger partial charge in [-0.1, -0.05) is 40.2 Å². The monoisotopic (exact) mass is 648 g/mol. The van der Waals surface area contributed by atoms with Crippen LogP contribution in [0, 0.1) is 0 Å². The lowest BCUT2D eigenvalue weighted by molar-refractivity contribution is -0.125. The van der Waals surface area contributed by atoms with Gasteiger partial charge in [0.05, 0.1) is 37.0 Å². The number of carbonyl (C=O) groups excluding carboxylic acids is 3. The first-order valence-corrected chi connectivity index (χ1v) is 15.0. The van der Waals surface area contributed by atoms with Crippen LogP contribution in [-0.4, -0.2) is 107 Å². The molecule has 3 aromatic rings. The number of ether oxygens (including phenoxy) is 1. The maximum atomic E-state index is 13.3. The minimum Gasteiger partial charge on any atom is -0.497 e. The summed E-state index contributed by atoms with van der Waals surface area (Å²) < 4.78 is 6.11. The zero-order chi connectivity index (χ0) is 30.2. The van der Waals surface area contributed by atoms with Crippen molar-refractivity contribution in [3.05, 3.63) is 94.0 Å². The molecule has 3 aliphatic rings. The number of rotatable bonds is 7. The first-order valence-electron chi connectivity index (χ1n) is 14.2. The second-order valence-electron chi connectivity index (χ2n) is 11.3. The van der Waals surface area contributed by atoms with Crippen LogP contribution >= 0.6 is 15.9 Å². The molecule has 0 bridgehead atoms. The number of aliphatic hydroxyl groups excluding tert-OH is 2. The second-order valence-corrected chi connectivity index (χ2v) is 12.2. The number of methoxy groups -OCH3 is 1. The maximum absolute atomic E-state index is 13.3. The molecule has 224 valence electrons. The van der Waals surface area contributed by atoms with Crippen LogP contribution in [0.5, 0.6) is 5.75 Å². The summed E-state index contributed by atoms with van der Waals surface area (Å²) >= 11 is 3.50. The molecule has 3 heterocycles. The highest BCUT2D eigenvalue weighted by atomic mass is 79.9. The van der Waals surface area contributed by atoms with E-state index in [1.165, 1.54) is 4.90 Å². The largest absolute Gasteiger partial charge is 0.497 e. The van der Waals surface area contributed by atoms with Gasteiger partial charge in [-0.2, -0.15) is 0 Å². The Morgan fingerprint density at radius 1 is 0.907 bits per heavy atom. The summed E-state index contributed by atoms with van der Waals surface area (Å²) in [6, 6.07) is 21.4. The molecule has 43 heavy (non-hydrogen) atoms. The van der Waals surface area contributed by atoms with Crippen LogP contribution in [0.3, 0.4) is 0 Å². The van der Waals surface area contributed by atoms with E-state index in [2.05, 4.69) is 26.1 Å². The molecular formula is C32H33BrN4O6. The number of β-amino-alcohol motifs (C(OH)–C–C–N with tert-alkyl or cyclic N) is 1. The van der Waals surface area contributed by atoms with Crippen LogP contribution in [0.1, 0.15) is 32.2 Å². The number of nitrogens with zero attached hydrogens (tertiary/aromatic N) is 3. The number of fused-ring (bicyclic) bond motifs is 2. The smallest absolute Gasteiger partial charge is 0.261 e. The molecule has 0 unspecified atom stereocenters. The number of imide groups is 1. The van der Waals surface area contributed by atoms with E-state index in [0.29, 0.717) is 29.1 Å². The number of anilines is 1. The molecular weight excluding hydrogens is 616 g/mol. The third kappa shape index (κ3) is 5.83. The van der Waals surface area contributed by atoms with Crippen molar-refractivity contribution in [2.75, 3.05) is 45.2 Å². The van der Waals surface area contributed by atoms with Crippen molar-refractivity contribution in [3.8, 4) is 5.75 Å². The summed E-state index contributed by atoms with van der Waals surface area (Å²) in [5.41, 5.74) is 2.43. The molecule has 0 saturated carbocycles. The van der Waals surface area contributed by atoms with Crippen LogP contribution in [0.2, 0.25) is 0 Å². The zero-order valence-corrected chi connectivity index (χ0v) is 25.2. The highest BCUT2D eigenvalue weighted by molar-refractivity contribution is 9.10. The quantitative estimate of drug-likeness (QED) is 0.334. The molecule has 11 heteroatoms. The molecule has 0 spiro atoms. The predicted molar refractivity (Wildman–Crippen MR) is 163 cm³/mol. The normalized spacial score (nSPS) is 25.8. The molecule has 0 radical (unpaired) electrons. The molecule has 10 nitrogen and oxygen atoms in total. The number of hydrogen-bond acceptors (Lipinski definition) is 8. The van der Waals surface area contributed by atoms with E-state index >= 15 is 0 Å². The van der Waals surface area contributed by atoms with E-state index in [9.17, 15) is 24.6 Å². The van der Waals surface area contributed by atoms with Crippen LogP contribution in [0.4, 0.5) is 5.69 Å². The molecule has 5 atom stereocenters.